The van der Waals surface area contributed by atoms with Gasteiger partial charge in [-0.05, 0) is 29.8 Å². The minimum atomic E-state index is -0.457. The number of rotatable bonds is 4. The summed E-state index contributed by atoms with van der Waals surface area (Å²) < 4.78 is 24.2. The van der Waals surface area contributed by atoms with E-state index >= 15 is 0 Å². The van der Waals surface area contributed by atoms with Crippen LogP contribution in [0.3, 0.4) is 0 Å². The van der Waals surface area contributed by atoms with Crippen LogP contribution in [0.25, 0.3) is 11.6 Å². The molecule has 0 amide bonds. The highest BCUT2D eigenvalue weighted by Crippen LogP contribution is 2.37. The van der Waals surface area contributed by atoms with E-state index in [1.54, 1.807) is 36.4 Å². The van der Waals surface area contributed by atoms with E-state index in [-0.39, 0.29) is 11.1 Å². The van der Waals surface area contributed by atoms with Crippen molar-refractivity contribution in [3.63, 3.8) is 0 Å². The second-order valence-corrected chi connectivity index (χ2v) is 4.80. The first-order valence-electron chi connectivity index (χ1n) is 6.39. The van der Waals surface area contributed by atoms with Crippen LogP contribution in [0.4, 0.5) is 4.39 Å². The Morgan fingerprint density at radius 2 is 1.95 bits per heavy atom. The molecular formula is C17H13ClFNO2. The van der Waals surface area contributed by atoms with E-state index in [9.17, 15) is 9.65 Å². The first-order valence-corrected chi connectivity index (χ1v) is 6.76. The second-order valence-electron chi connectivity index (χ2n) is 4.39. The number of nitriles is 1. The molecule has 2 aromatic carbocycles. The van der Waals surface area contributed by atoms with Gasteiger partial charge in [-0.2, -0.15) is 5.26 Å². The van der Waals surface area contributed by atoms with Crippen LogP contribution in [-0.4, -0.2) is 14.2 Å². The molecule has 2 rings (SSSR count). The van der Waals surface area contributed by atoms with Gasteiger partial charge < -0.3 is 9.47 Å². The van der Waals surface area contributed by atoms with Crippen LogP contribution in [-0.2, 0) is 0 Å². The molecule has 112 valence electrons. The van der Waals surface area contributed by atoms with Crippen LogP contribution in [0.1, 0.15) is 11.1 Å². The van der Waals surface area contributed by atoms with Gasteiger partial charge in [0.25, 0.3) is 0 Å². The van der Waals surface area contributed by atoms with Crippen molar-refractivity contribution in [2.75, 3.05) is 14.2 Å². The third kappa shape index (κ3) is 3.21. The Morgan fingerprint density at radius 3 is 2.55 bits per heavy atom. The molecule has 0 N–H and O–H groups in total. The molecule has 0 saturated heterocycles. The topological polar surface area (TPSA) is 42.2 Å². The third-order valence-electron chi connectivity index (χ3n) is 3.05. The normalized spacial score (nSPS) is 11.0. The van der Waals surface area contributed by atoms with Gasteiger partial charge in [-0.15, -0.1) is 0 Å². The number of methoxy groups -OCH3 is 2. The highest BCUT2D eigenvalue weighted by Gasteiger charge is 2.12. The summed E-state index contributed by atoms with van der Waals surface area (Å²) in [6.07, 6.45) is 1.55. The smallest absolute Gasteiger partial charge is 0.179 e. The molecule has 0 heterocycles. The summed E-state index contributed by atoms with van der Waals surface area (Å²) in [4.78, 5) is 0. The van der Waals surface area contributed by atoms with Crippen molar-refractivity contribution in [2.24, 2.45) is 0 Å². The van der Waals surface area contributed by atoms with Crippen molar-refractivity contribution in [2.45, 2.75) is 0 Å². The molecule has 0 aromatic heterocycles. The molecule has 0 aliphatic rings. The lowest BCUT2D eigenvalue weighted by Gasteiger charge is -2.10. The zero-order valence-electron chi connectivity index (χ0n) is 12.1. The van der Waals surface area contributed by atoms with Crippen LogP contribution in [0.15, 0.2) is 36.4 Å². The zero-order valence-corrected chi connectivity index (χ0v) is 12.8. The molecule has 0 aliphatic heterocycles. The van der Waals surface area contributed by atoms with Gasteiger partial charge in [0.1, 0.15) is 5.82 Å². The van der Waals surface area contributed by atoms with Gasteiger partial charge in [0.05, 0.1) is 30.9 Å². The van der Waals surface area contributed by atoms with Crippen molar-refractivity contribution in [3.05, 3.63) is 58.4 Å². The van der Waals surface area contributed by atoms with E-state index in [1.165, 1.54) is 20.3 Å². The Labute approximate surface area is 133 Å². The quantitative estimate of drug-likeness (QED) is 0.613. The Kier molecular flexibility index (Phi) is 5.03. The van der Waals surface area contributed by atoms with Crippen LogP contribution < -0.4 is 9.47 Å². The highest BCUT2D eigenvalue weighted by molar-refractivity contribution is 6.32. The average Bonchev–Trinajstić information content (AvgIpc) is 2.52. The van der Waals surface area contributed by atoms with Gasteiger partial charge in [0, 0.05) is 5.56 Å². The van der Waals surface area contributed by atoms with Gasteiger partial charge in [-0.3, -0.25) is 0 Å². The highest BCUT2D eigenvalue weighted by atomic mass is 35.5. The third-order valence-corrected chi connectivity index (χ3v) is 3.33. The van der Waals surface area contributed by atoms with Crippen LogP contribution >= 0.6 is 11.6 Å². The number of halogens is 2. The lowest BCUT2D eigenvalue weighted by Crippen LogP contribution is -1.93. The fourth-order valence-corrected chi connectivity index (χ4v) is 2.33. The number of hydrogen-bond acceptors (Lipinski definition) is 3. The maximum Gasteiger partial charge on any atom is 0.179 e. The molecule has 0 bridgehead atoms. The lowest BCUT2D eigenvalue weighted by atomic mass is 10.0. The van der Waals surface area contributed by atoms with E-state index in [0.717, 1.165) is 0 Å². The molecule has 22 heavy (non-hydrogen) atoms. The standard InChI is InChI=1S/C17H13ClFNO2/c1-21-16-9-11(8-14(18)17(16)22-2)7-12(10-20)13-5-3-4-6-15(13)19/h3-9H,1-2H3. The second kappa shape index (κ2) is 6.97. The van der Waals surface area contributed by atoms with Crippen LogP contribution in [0, 0.1) is 17.1 Å². The van der Waals surface area contributed by atoms with Gasteiger partial charge in [-0.1, -0.05) is 29.8 Å². The van der Waals surface area contributed by atoms with E-state index in [1.807, 2.05) is 6.07 Å². The number of allylic oxidation sites excluding steroid dienone is 1. The Morgan fingerprint density at radius 1 is 1.23 bits per heavy atom. The first kappa shape index (κ1) is 15.9. The molecule has 0 unspecified atom stereocenters. The van der Waals surface area contributed by atoms with Crippen LogP contribution in [0.5, 0.6) is 11.5 Å². The average molecular weight is 318 g/mol. The molecular weight excluding hydrogens is 305 g/mol. The molecule has 0 radical (unpaired) electrons. The molecule has 3 nitrogen and oxygen atoms in total. The molecule has 0 fully saturated rings. The number of benzene rings is 2. The van der Waals surface area contributed by atoms with Crippen molar-refractivity contribution in [3.8, 4) is 17.6 Å². The molecule has 0 atom stereocenters. The van der Waals surface area contributed by atoms with Gasteiger partial charge in [-0.25, -0.2) is 4.39 Å². The monoisotopic (exact) mass is 317 g/mol. The largest absolute Gasteiger partial charge is 0.493 e. The Balaban J connectivity index is 2.54. The maximum atomic E-state index is 13.8. The van der Waals surface area contributed by atoms with Crippen molar-refractivity contribution in [1.29, 1.82) is 5.26 Å². The maximum absolute atomic E-state index is 13.8. The molecule has 5 heteroatoms. The predicted octanol–water partition coefficient (Wildman–Crippen LogP) is 4.56. The van der Waals surface area contributed by atoms with E-state index in [0.29, 0.717) is 22.1 Å². The van der Waals surface area contributed by atoms with Crippen molar-refractivity contribution in [1.82, 2.24) is 0 Å². The molecule has 2 aromatic rings. The molecule has 0 aliphatic carbocycles. The van der Waals surface area contributed by atoms with E-state index in [4.69, 9.17) is 21.1 Å². The van der Waals surface area contributed by atoms with Gasteiger partial charge in [0.2, 0.25) is 0 Å². The Bertz CT molecular complexity index is 766. The van der Waals surface area contributed by atoms with Crippen molar-refractivity contribution < 1.29 is 13.9 Å². The lowest BCUT2D eigenvalue weighted by molar-refractivity contribution is 0.355. The molecule has 0 spiro atoms. The minimum absolute atomic E-state index is 0.196. The summed E-state index contributed by atoms with van der Waals surface area (Å²) >= 11 is 6.13. The van der Waals surface area contributed by atoms with E-state index in [2.05, 4.69) is 0 Å². The van der Waals surface area contributed by atoms with Crippen molar-refractivity contribution >= 4 is 23.3 Å². The van der Waals surface area contributed by atoms with Gasteiger partial charge >= 0.3 is 0 Å². The SMILES string of the molecule is COc1cc(C=C(C#N)c2ccccc2F)cc(Cl)c1OC. The Hall–Kier alpha value is -2.51. The fraction of sp³-hybridized carbons (Fsp3) is 0.118. The van der Waals surface area contributed by atoms with Crippen LogP contribution in [0.2, 0.25) is 5.02 Å². The first-order chi connectivity index (χ1) is 10.6. The summed E-state index contributed by atoms with van der Waals surface area (Å²) in [5.41, 5.74) is 1.04. The van der Waals surface area contributed by atoms with E-state index < -0.39 is 5.82 Å². The number of nitrogens with zero attached hydrogens (tertiary/aromatic N) is 1. The number of ether oxygens (including phenoxy) is 2. The summed E-state index contributed by atoms with van der Waals surface area (Å²) in [6.45, 7) is 0. The minimum Gasteiger partial charge on any atom is -0.493 e. The summed E-state index contributed by atoms with van der Waals surface area (Å²) in [5, 5.41) is 9.63. The predicted molar refractivity (Wildman–Crippen MR) is 84.4 cm³/mol. The molecule has 0 saturated carbocycles. The zero-order chi connectivity index (χ0) is 16.1. The summed E-state index contributed by atoms with van der Waals surface area (Å²) in [6, 6.07) is 11.4. The summed E-state index contributed by atoms with van der Waals surface area (Å²) in [5.74, 6) is 0.389. The van der Waals surface area contributed by atoms with Gasteiger partial charge in [0.15, 0.2) is 11.5 Å². The fourth-order valence-electron chi connectivity index (χ4n) is 2.04. The number of hydrogen-bond donors (Lipinski definition) is 0. The summed E-state index contributed by atoms with van der Waals surface area (Å²) in [7, 11) is 2.98.